The Labute approximate surface area is 130 Å². The molecule has 114 valence electrons. The largest absolute Gasteiger partial charge is 0.246 e. The number of aryl methyl sites for hydroxylation is 3. The number of aromatic nitrogens is 1. The van der Waals surface area contributed by atoms with E-state index in [9.17, 15) is 8.42 Å². The minimum atomic E-state index is -3.29. The van der Waals surface area contributed by atoms with Gasteiger partial charge in [-0.15, -0.1) is 11.3 Å². The first-order valence-corrected chi connectivity index (χ1v) is 9.28. The second-order valence-electron chi connectivity index (χ2n) is 5.14. The summed E-state index contributed by atoms with van der Waals surface area (Å²) in [6, 6.07) is 7.54. The van der Waals surface area contributed by atoms with E-state index >= 15 is 0 Å². The van der Waals surface area contributed by atoms with E-state index < -0.39 is 10.0 Å². The zero-order chi connectivity index (χ0) is 15.5. The van der Waals surface area contributed by atoms with Crippen LogP contribution in [0.4, 0.5) is 0 Å². The molecular formula is C15H20N2O2S2. The molecule has 0 aliphatic rings. The van der Waals surface area contributed by atoms with Gasteiger partial charge in [-0.05, 0) is 26.3 Å². The van der Waals surface area contributed by atoms with Gasteiger partial charge in [-0.3, -0.25) is 0 Å². The fraction of sp³-hybridized carbons (Fsp3) is 0.400. The van der Waals surface area contributed by atoms with Gasteiger partial charge in [0.2, 0.25) is 10.0 Å². The van der Waals surface area contributed by atoms with E-state index in [0.717, 1.165) is 21.8 Å². The van der Waals surface area contributed by atoms with Gasteiger partial charge in [-0.25, -0.2) is 18.1 Å². The highest BCUT2D eigenvalue weighted by atomic mass is 32.2. The summed E-state index contributed by atoms with van der Waals surface area (Å²) < 4.78 is 26.7. The quantitative estimate of drug-likeness (QED) is 0.889. The Morgan fingerprint density at radius 3 is 2.38 bits per heavy atom. The summed E-state index contributed by atoms with van der Waals surface area (Å²) in [5, 5.41) is 0.975. The van der Waals surface area contributed by atoms with E-state index in [1.807, 2.05) is 45.0 Å². The summed E-state index contributed by atoms with van der Waals surface area (Å²) in [7, 11) is -3.29. The van der Waals surface area contributed by atoms with Crippen LogP contribution in [0.25, 0.3) is 0 Å². The zero-order valence-corrected chi connectivity index (χ0v) is 14.1. The van der Waals surface area contributed by atoms with Crippen molar-refractivity contribution < 1.29 is 8.42 Å². The van der Waals surface area contributed by atoms with Crippen LogP contribution in [-0.4, -0.2) is 19.9 Å². The lowest BCUT2D eigenvalue weighted by molar-refractivity contribution is 0.580. The highest BCUT2D eigenvalue weighted by molar-refractivity contribution is 7.88. The van der Waals surface area contributed by atoms with E-state index in [0.29, 0.717) is 13.0 Å². The van der Waals surface area contributed by atoms with Crippen molar-refractivity contribution in [1.82, 2.24) is 9.71 Å². The molecule has 1 aromatic carbocycles. The highest BCUT2D eigenvalue weighted by Gasteiger charge is 2.11. The first kappa shape index (κ1) is 16.1. The minimum Gasteiger partial charge on any atom is -0.246 e. The second-order valence-corrected chi connectivity index (χ2v) is 8.23. The van der Waals surface area contributed by atoms with Gasteiger partial charge in [0.15, 0.2) is 0 Å². The number of nitrogens with zero attached hydrogens (tertiary/aromatic N) is 1. The first-order chi connectivity index (χ1) is 9.85. The van der Waals surface area contributed by atoms with Gasteiger partial charge in [0.1, 0.15) is 0 Å². The van der Waals surface area contributed by atoms with E-state index in [1.54, 1.807) is 11.3 Å². The number of sulfonamides is 1. The Bertz CT molecular complexity index is 684. The molecule has 0 radical (unpaired) electrons. The standard InChI is InChI=1S/C15H20N2O2S2/c1-11-4-6-14(7-5-11)10-21(18,19)16-9-8-15-17-12(2)13(3)20-15/h4-7,16H,8-10H2,1-3H3. The van der Waals surface area contributed by atoms with Gasteiger partial charge >= 0.3 is 0 Å². The van der Waals surface area contributed by atoms with Gasteiger partial charge in [-0.2, -0.15) is 0 Å². The minimum absolute atomic E-state index is 0.0171. The van der Waals surface area contributed by atoms with Gasteiger partial charge in [0.05, 0.1) is 16.5 Å². The summed E-state index contributed by atoms with van der Waals surface area (Å²) >= 11 is 1.62. The lowest BCUT2D eigenvalue weighted by Gasteiger charge is -2.06. The third-order valence-corrected chi connectivity index (χ3v) is 5.70. The smallest absolute Gasteiger partial charge is 0.215 e. The van der Waals surface area contributed by atoms with Gasteiger partial charge < -0.3 is 0 Å². The van der Waals surface area contributed by atoms with Crippen LogP contribution in [0.3, 0.4) is 0 Å². The van der Waals surface area contributed by atoms with Crippen LogP contribution in [0.2, 0.25) is 0 Å². The molecule has 2 aromatic rings. The van der Waals surface area contributed by atoms with E-state index in [4.69, 9.17) is 0 Å². The Morgan fingerprint density at radius 1 is 1.14 bits per heavy atom. The fourth-order valence-electron chi connectivity index (χ4n) is 1.91. The number of hydrogen-bond donors (Lipinski definition) is 1. The summed E-state index contributed by atoms with van der Waals surface area (Å²) in [6.45, 7) is 6.37. The average molecular weight is 324 g/mol. The Hall–Kier alpha value is -1.24. The van der Waals surface area contributed by atoms with Crippen LogP contribution in [-0.2, 0) is 22.2 Å². The summed E-state index contributed by atoms with van der Waals surface area (Å²) in [5.41, 5.74) is 2.95. The van der Waals surface area contributed by atoms with Gasteiger partial charge in [0, 0.05) is 17.8 Å². The van der Waals surface area contributed by atoms with E-state index in [1.165, 1.54) is 4.88 Å². The van der Waals surface area contributed by atoms with E-state index in [-0.39, 0.29) is 5.75 Å². The van der Waals surface area contributed by atoms with Crippen LogP contribution < -0.4 is 4.72 Å². The number of rotatable bonds is 6. The zero-order valence-electron chi connectivity index (χ0n) is 12.5. The third-order valence-electron chi connectivity index (χ3n) is 3.21. The van der Waals surface area contributed by atoms with Crippen LogP contribution in [0.1, 0.15) is 26.7 Å². The van der Waals surface area contributed by atoms with Crippen molar-refractivity contribution in [3.05, 3.63) is 51.0 Å². The molecule has 2 rings (SSSR count). The summed E-state index contributed by atoms with van der Waals surface area (Å²) in [4.78, 5) is 5.59. The van der Waals surface area contributed by atoms with Crippen LogP contribution in [0.15, 0.2) is 24.3 Å². The van der Waals surface area contributed by atoms with Crippen molar-refractivity contribution in [1.29, 1.82) is 0 Å². The monoisotopic (exact) mass is 324 g/mol. The number of nitrogens with one attached hydrogen (secondary N) is 1. The normalized spacial score (nSPS) is 11.8. The SMILES string of the molecule is Cc1ccc(CS(=O)(=O)NCCc2nc(C)c(C)s2)cc1. The lowest BCUT2D eigenvalue weighted by atomic mass is 10.2. The van der Waals surface area contributed by atoms with Crippen molar-refractivity contribution in [3.63, 3.8) is 0 Å². The van der Waals surface area contributed by atoms with Crippen molar-refractivity contribution in [3.8, 4) is 0 Å². The molecule has 0 fully saturated rings. The van der Waals surface area contributed by atoms with Crippen molar-refractivity contribution >= 4 is 21.4 Å². The van der Waals surface area contributed by atoms with Crippen molar-refractivity contribution in [2.24, 2.45) is 0 Å². The molecule has 1 N–H and O–H groups in total. The number of benzene rings is 1. The first-order valence-electron chi connectivity index (χ1n) is 6.81. The lowest BCUT2D eigenvalue weighted by Crippen LogP contribution is -2.27. The third kappa shape index (κ3) is 4.91. The van der Waals surface area contributed by atoms with Crippen LogP contribution in [0, 0.1) is 20.8 Å². The molecule has 4 nitrogen and oxygen atoms in total. The molecule has 0 aliphatic heterocycles. The maximum atomic E-state index is 12.0. The van der Waals surface area contributed by atoms with Crippen LogP contribution >= 0.6 is 11.3 Å². The molecule has 0 aliphatic carbocycles. The predicted octanol–water partition coefficient (Wildman–Crippen LogP) is 2.73. The molecule has 0 saturated carbocycles. The molecular weight excluding hydrogens is 304 g/mol. The van der Waals surface area contributed by atoms with Gasteiger partial charge in [0.25, 0.3) is 0 Å². The van der Waals surface area contributed by atoms with Crippen LogP contribution in [0.5, 0.6) is 0 Å². The molecule has 0 amide bonds. The second kappa shape index (κ2) is 6.68. The van der Waals surface area contributed by atoms with Gasteiger partial charge in [-0.1, -0.05) is 29.8 Å². The van der Waals surface area contributed by atoms with Crippen molar-refractivity contribution in [2.75, 3.05) is 6.54 Å². The summed E-state index contributed by atoms with van der Waals surface area (Å²) in [5.74, 6) is 0.0171. The molecule has 1 heterocycles. The predicted molar refractivity (Wildman–Crippen MR) is 87.1 cm³/mol. The topological polar surface area (TPSA) is 59.1 Å². The fourth-order valence-corrected chi connectivity index (χ4v) is 3.99. The Balaban J connectivity index is 1.87. The molecule has 1 aromatic heterocycles. The number of hydrogen-bond acceptors (Lipinski definition) is 4. The van der Waals surface area contributed by atoms with E-state index in [2.05, 4.69) is 9.71 Å². The maximum absolute atomic E-state index is 12.0. The molecule has 0 saturated heterocycles. The van der Waals surface area contributed by atoms with Crippen molar-refractivity contribution in [2.45, 2.75) is 32.9 Å². The Kier molecular flexibility index (Phi) is 5.13. The maximum Gasteiger partial charge on any atom is 0.215 e. The molecule has 0 atom stereocenters. The summed E-state index contributed by atoms with van der Waals surface area (Å²) in [6.07, 6.45) is 0.631. The number of thiazole rings is 1. The highest BCUT2D eigenvalue weighted by Crippen LogP contribution is 2.16. The Morgan fingerprint density at radius 2 is 1.81 bits per heavy atom. The molecule has 0 bridgehead atoms. The molecule has 21 heavy (non-hydrogen) atoms. The molecule has 0 spiro atoms. The average Bonchev–Trinajstić information content (AvgIpc) is 2.71. The molecule has 0 unspecified atom stereocenters. The molecule has 6 heteroatoms.